The molecule has 0 saturated heterocycles. The minimum atomic E-state index is -3.51. The standard InChI is InChI=1S/C22H23O3P/c1-18(20-12-6-3-7-13-20)24-26(23,22-16-10-5-11-17-22)25-19(2)21-14-8-4-9-15-21/h3-19H,1-2H3. The first-order chi connectivity index (χ1) is 12.6. The smallest absolute Gasteiger partial charge is 0.297 e. The molecule has 0 N–H and O–H groups in total. The molecule has 0 fully saturated rings. The summed E-state index contributed by atoms with van der Waals surface area (Å²) in [6.07, 6.45) is -0.713. The normalized spacial score (nSPS) is 15.8. The van der Waals surface area contributed by atoms with Crippen molar-refractivity contribution in [2.45, 2.75) is 26.1 Å². The van der Waals surface area contributed by atoms with Gasteiger partial charge in [-0.15, -0.1) is 0 Å². The Morgan fingerprint density at radius 2 is 0.962 bits per heavy atom. The molecule has 134 valence electrons. The third-order valence-corrected chi connectivity index (χ3v) is 6.32. The van der Waals surface area contributed by atoms with Crippen LogP contribution in [0.4, 0.5) is 0 Å². The molecule has 0 aliphatic rings. The number of rotatable bonds is 7. The van der Waals surface area contributed by atoms with Crippen LogP contribution in [0, 0.1) is 0 Å². The minimum absolute atomic E-state index is 0.356. The van der Waals surface area contributed by atoms with Gasteiger partial charge in [0, 0.05) is 0 Å². The summed E-state index contributed by atoms with van der Waals surface area (Å²) >= 11 is 0. The number of benzene rings is 3. The van der Waals surface area contributed by atoms with Crippen molar-refractivity contribution in [2.24, 2.45) is 0 Å². The second-order valence-corrected chi connectivity index (χ2v) is 8.08. The van der Waals surface area contributed by atoms with Gasteiger partial charge in [0.05, 0.1) is 17.5 Å². The fourth-order valence-electron chi connectivity index (χ4n) is 2.74. The van der Waals surface area contributed by atoms with Gasteiger partial charge in [0.25, 0.3) is 0 Å². The summed E-state index contributed by atoms with van der Waals surface area (Å²) in [5.41, 5.74) is 1.92. The first kappa shape index (κ1) is 18.6. The molecule has 0 aliphatic carbocycles. The summed E-state index contributed by atoms with van der Waals surface area (Å²) in [5.74, 6) is 0. The Kier molecular flexibility index (Phi) is 6.05. The molecule has 0 radical (unpaired) electrons. The first-order valence-electron chi connectivity index (χ1n) is 8.71. The molecule has 0 saturated carbocycles. The van der Waals surface area contributed by atoms with Gasteiger partial charge in [-0.3, -0.25) is 13.6 Å². The maximum absolute atomic E-state index is 13.7. The summed E-state index contributed by atoms with van der Waals surface area (Å²) in [4.78, 5) is 0. The lowest BCUT2D eigenvalue weighted by Crippen LogP contribution is -2.14. The van der Waals surface area contributed by atoms with Crippen molar-refractivity contribution < 1.29 is 13.6 Å². The molecule has 0 aromatic heterocycles. The van der Waals surface area contributed by atoms with Crippen molar-refractivity contribution in [3.05, 3.63) is 102 Å². The Labute approximate surface area is 155 Å². The Morgan fingerprint density at radius 1 is 0.615 bits per heavy atom. The van der Waals surface area contributed by atoms with Gasteiger partial charge in [-0.2, -0.15) is 0 Å². The summed E-state index contributed by atoms with van der Waals surface area (Å²) in [5, 5.41) is 0.561. The highest BCUT2D eigenvalue weighted by atomic mass is 31.2. The third kappa shape index (κ3) is 4.50. The molecule has 0 heterocycles. The summed E-state index contributed by atoms with van der Waals surface area (Å²) in [7, 11) is -3.51. The molecule has 3 aromatic carbocycles. The topological polar surface area (TPSA) is 35.5 Å². The van der Waals surface area contributed by atoms with Crippen LogP contribution >= 0.6 is 7.60 Å². The van der Waals surface area contributed by atoms with E-state index in [9.17, 15) is 4.57 Å². The zero-order chi connectivity index (χ0) is 18.4. The van der Waals surface area contributed by atoms with Crippen molar-refractivity contribution in [1.82, 2.24) is 0 Å². The lowest BCUT2D eigenvalue weighted by Gasteiger charge is -2.26. The van der Waals surface area contributed by atoms with E-state index in [4.69, 9.17) is 9.05 Å². The summed E-state index contributed by atoms with van der Waals surface area (Å²) in [6, 6.07) is 28.6. The van der Waals surface area contributed by atoms with E-state index in [0.717, 1.165) is 11.1 Å². The summed E-state index contributed by atoms with van der Waals surface area (Å²) in [6.45, 7) is 3.78. The van der Waals surface area contributed by atoms with Crippen molar-refractivity contribution in [3.63, 3.8) is 0 Å². The zero-order valence-corrected chi connectivity index (χ0v) is 15.9. The van der Waals surface area contributed by atoms with Crippen LogP contribution < -0.4 is 5.30 Å². The Morgan fingerprint density at radius 3 is 1.35 bits per heavy atom. The lowest BCUT2D eigenvalue weighted by molar-refractivity contribution is 0.135. The van der Waals surface area contributed by atoms with Crippen molar-refractivity contribution in [1.29, 1.82) is 0 Å². The van der Waals surface area contributed by atoms with Gasteiger partial charge in [0.1, 0.15) is 0 Å². The maximum atomic E-state index is 13.7. The van der Waals surface area contributed by atoms with Gasteiger partial charge in [-0.1, -0.05) is 78.9 Å². The average molecular weight is 366 g/mol. The van der Waals surface area contributed by atoms with Crippen LogP contribution in [-0.2, 0) is 13.6 Å². The van der Waals surface area contributed by atoms with Crippen molar-refractivity contribution >= 4 is 12.9 Å². The second kappa shape index (κ2) is 8.46. The van der Waals surface area contributed by atoms with E-state index < -0.39 is 7.60 Å². The molecule has 2 atom stereocenters. The molecule has 0 bridgehead atoms. The number of hydrogen-bond acceptors (Lipinski definition) is 3. The van der Waals surface area contributed by atoms with E-state index in [-0.39, 0.29) is 12.2 Å². The quantitative estimate of drug-likeness (QED) is 0.477. The van der Waals surface area contributed by atoms with E-state index >= 15 is 0 Å². The molecule has 0 spiro atoms. The van der Waals surface area contributed by atoms with Crippen LogP contribution in [0.1, 0.15) is 37.2 Å². The average Bonchev–Trinajstić information content (AvgIpc) is 2.70. The summed E-state index contributed by atoms with van der Waals surface area (Å²) < 4.78 is 25.8. The van der Waals surface area contributed by atoms with Gasteiger partial charge >= 0.3 is 7.60 Å². The van der Waals surface area contributed by atoms with Crippen LogP contribution in [0.3, 0.4) is 0 Å². The van der Waals surface area contributed by atoms with Gasteiger partial charge in [-0.25, -0.2) is 0 Å². The predicted molar refractivity (Wildman–Crippen MR) is 106 cm³/mol. The Balaban J connectivity index is 1.89. The SMILES string of the molecule is CC(OP(=O)(OC(C)c1ccccc1)c1ccccc1)c1ccccc1. The van der Waals surface area contributed by atoms with E-state index in [2.05, 4.69) is 0 Å². The maximum Gasteiger partial charge on any atom is 0.362 e. The van der Waals surface area contributed by atoms with E-state index in [1.165, 1.54) is 0 Å². The first-order valence-corrected chi connectivity index (χ1v) is 10.2. The van der Waals surface area contributed by atoms with Gasteiger partial charge in [0.2, 0.25) is 0 Å². The molecule has 4 heteroatoms. The van der Waals surface area contributed by atoms with Crippen LogP contribution in [0.15, 0.2) is 91.0 Å². The third-order valence-electron chi connectivity index (χ3n) is 4.20. The van der Waals surface area contributed by atoms with Crippen LogP contribution in [0.5, 0.6) is 0 Å². The van der Waals surface area contributed by atoms with Gasteiger partial charge < -0.3 is 0 Å². The molecule has 2 unspecified atom stereocenters. The zero-order valence-electron chi connectivity index (χ0n) is 15.0. The van der Waals surface area contributed by atoms with Crippen molar-refractivity contribution in [3.8, 4) is 0 Å². The van der Waals surface area contributed by atoms with E-state index in [0.29, 0.717) is 5.30 Å². The Bertz CT molecular complexity index is 799. The second-order valence-electron chi connectivity index (χ2n) is 6.15. The van der Waals surface area contributed by atoms with Crippen LogP contribution in [-0.4, -0.2) is 0 Å². The fraction of sp³-hybridized carbons (Fsp3) is 0.182. The predicted octanol–water partition coefficient (Wildman–Crippen LogP) is 6.06. The lowest BCUT2D eigenvalue weighted by atomic mass is 10.1. The monoisotopic (exact) mass is 366 g/mol. The molecule has 3 aromatic rings. The van der Waals surface area contributed by atoms with Crippen molar-refractivity contribution in [2.75, 3.05) is 0 Å². The van der Waals surface area contributed by atoms with Crippen LogP contribution in [0.2, 0.25) is 0 Å². The molecule has 3 nitrogen and oxygen atoms in total. The fourth-order valence-corrected chi connectivity index (χ4v) is 4.65. The number of hydrogen-bond donors (Lipinski definition) is 0. The highest BCUT2D eigenvalue weighted by Gasteiger charge is 2.33. The molecule has 0 amide bonds. The molecular weight excluding hydrogens is 343 g/mol. The molecule has 26 heavy (non-hydrogen) atoms. The molecule has 3 rings (SSSR count). The van der Waals surface area contributed by atoms with Crippen LogP contribution in [0.25, 0.3) is 0 Å². The largest absolute Gasteiger partial charge is 0.362 e. The van der Waals surface area contributed by atoms with E-state index in [1.54, 1.807) is 12.1 Å². The highest BCUT2D eigenvalue weighted by molar-refractivity contribution is 7.62. The highest BCUT2D eigenvalue weighted by Crippen LogP contribution is 2.54. The Hall–Kier alpha value is -2.19. The van der Waals surface area contributed by atoms with Gasteiger partial charge in [-0.05, 0) is 37.1 Å². The minimum Gasteiger partial charge on any atom is -0.297 e. The van der Waals surface area contributed by atoms with Gasteiger partial charge in [0.15, 0.2) is 0 Å². The molecular formula is C22H23O3P. The van der Waals surface area contributed by atoms with E-state index in [1.807, 2.05) is 92.7 Å². The molecule has 0 aliphatic heterocycles.